The van der Waals surface area contributed by atoms with Gasteiger partial charge in [-0.05, 0) is 35.9 Å². The van der Waals surface area contributed by atoms with Crippen LogP contribution in [0.15, 0.2) is 46.6 Å². The highest BCUT2D eigenvalue weighted by atomic mass is 35.5. The number of carbonyl (C=O) groups is 2. The number of halogens is 2. The Morgan fingerprint density at radius 3 is 2.84 bits per heavy atom. The summed E-state index contributed by atoms with van der Waals surface area (Å²) in [6.45, 7) is 0.130. The molecule has 2 aromatic carbocycles. The van der Waals surface area contributed by atoms with Crippen molar-refractivity contribution >= 4 is 46.6 Å². The lowest BCUT2D eigenvalue weighted by molar-refractivity contribution is -0.138. The number of nitrogens with one attached hydrogen (secondary N) is 1. The fourth-order valence-corrected chi connectivity index (χ4v) is 3.71. The highest BCUT2D eigenvalue weighted by Crippen LogP contribution is 2.29. The molecule has 162 valence electrons. The van der Waals surface area contributed by atoms with Gasteiger partial charge in [0.2, 0.25) is 5.91 Å². The van der Waals surface area contributed by atoms with Gasteiger partial charge in [-0.1, -0.05) is 29.4 Å². The SMILES string of the molecule is COc1cc(C=NN=C2NC(=O)C(CC(=O)O)S2)ccc1OCc1ccc(F)cc1Cl. The number of carboxylic acid groups (broad SMARTS) is 1. The smallest absolute Gasteiger partial charge is 0.305 e. The number of benzene rings is 2. The van der Waals surface area contributed by atoms with Gasteiger partial charge in [0.15, 0.2) is 16.7 Å². The van der Waals surface area contributed by atoms with Crippen LogP contribution in [0.4, 0.5) is 4.39 Å². The molecule has 0 aromatic heterocycles. The second-order valence-corrected chi connectivity index (χ2v) is 7.88. The highest BCUT2D eigenvalue weighted by Gasteiger charge is 2.32. The summed E-state index contributed by atoms with van der Waals surface area (Å²) in [4.78, 5) is 22.4. The zero-order valence-corrected chi connectivity index (χ0v) is 17.7. The molecule has 1 fully saturated rings. The predicted octanol–water partition coefficient (Wildman–Crippen LogP) is 3.46. The maximum Gasteiger partial charge on any atom is 0.305 e. The number of rotatable bonds is 8. The number of hydrogen-bond acceptors (Lipinski definition) is 7. The number of hydrogen-bond donors (Lipinski definition) is 2. The topological polar surface area (TPSA) is 110 Å². The molecule has 11 heteroatoms. The standard InChI is InChI=1S/C20H17ClFN3O5S/c1-29-16-6-11(9-23-25-20-24-19(28)17(31-20)8-18(26)27)2-5-15(16)30-10-12-3-4-13(22)7-14(12)21/h2-7,9,17H,8,10H2,1H3,(H,26,27)(H,24,25,28). The van der Waals surface area contributed by atoms with Crippen LogP contribution in [0.2, 0.25) is 5.02 Å². The largest absolute Gasteiger partial charge is 0.493 e. The third kappa shape index (κ3) is 6.19. The number of carboxylic acids is 1. The molecule has 2 aromatic rings. The lowest BCUT2D eigenvalue weighted by Crippen LogP contribution is -2.26. The summed E-state index contributed by atoms with van der Waals surface area (Å²) in [7, 11) is 1.49. The summed E-state index contributed by atoms with van der Waals surface area (Å²) in [5.41, 5.74) is 1.29. The fraction of sp³-hybridized carbons (Fsp3) is 0.200. The second kappa shape index (κ2) is 10.3. The van der Waals surface area contributed by atoms with Crippen molar-refractivity contribution in [3.8, 4) is 11.5 Å². The van der Waals surface area contributed by atoms with Crippen molar-refractivity contribution in [1.82, 2.24) is 5.32 Å². The Balaban J connectivity index is 1.64. The molecule has 0 spiro atoms. The molecule has 1 saturated heterocycles. The molecule has 0 bridgehead atoms. The maximum atomic E-state index is 13.2. The molecule has 3 rings (SSSR count). The Kier molecular flexibility index (Phi) is 7.48. The molecule has 1 aliphatic rings. The van der Waals surface area contributed by atoms with Gasteiger partial charge in [0.1, 0.15) is 17.7 Å². The van der Waals surface area contributed by atoms with E-state index in [4.69, 9.17) is 26.2 Å². The molecule has 1 atom stereocenters. The first kappa shape index (κ1) is 22.6. The van der Waals surface area contributed by atoms with Crippen LogP contribution in [0.1, 0.15) is 17.5 Å². The van der Waals surface area contributed by atoms with Crippen LogP contribution in [-0.4, -0.2) is 40.7 Å². The number of ether oxygens (including phenoxy) is 2. The van der Waals surface area contributed by atoms with Crippen molar-refractivity contribution < 1.29 is 28.6 Å². The minimum Gasteiger partial charge on any atom is -0.493 e. The van der Waals surface area contributed by atoms with Crippen molar-refractivity contribution in [3.63, 3.8) is 0 Å². The summed E-state index contributed by atoms with van der Waals surface area (Å²) in [6, 6.07) is 9.15. The fourth-order valence-electron chi connectivity index (χ4n) is 2.57. The van der Waals surface area contributed by atoms with E-state index in [2.05, 4.69) is 15.5 Å². The molecule has 0 radical (unpaired) electrons. The maximum absolute atomic E-state index is 13.2. The average molecular weight is 466 g/mol. The van der Waals surface area contributed by atoms with Gasteiger partial charge >= 0.3 is 5.97 Å². The number of carbonyl (C=O) groups excluding carboxylic acids is 1. The summed E-state index contributed by atoms with van der Waals surface area (Å²) in [5.74, 6) is -0.993. The normalized spacial score (nSPS) is 17.2. The predicted molar refractivity (Wildman–Crippen MR) is 116 cm³/mol. The Labute approximate surface area is 186 Å². The Hall–Kier alpha value is -3.11. The number of aliphatic carboxylic acids is 1. The average Bonchev–Trinajstić information content (AvgIpc) is 3.06. The van der Waals surface area contributed by atoms with E-state index in [1.165, 1.54) is 25.5 Å². The molecule has 1 aliphatic heterocycles. The number of nitrogens with zero attached hydrogens (tertiary/aromatic N) is 2. The van der Waals surface area contributed by atoms with Gasteiger partial charge in [-0.3, -0.25) is 9.59 Å². The van der Waals surface area contributed by atoms with Gasteiger partial charge in [-0.15, -0.1) is 5.10 Å². The Bertz CT molecular complexity index is 1060. The van der Waals surface area contributed by atoms with Gasteiger partial charge in [-0.25, -0.2) is 4.39 Å². The molecule has 0 aliphatic carbocycles. The molecule has 0 saturated carbocycles. The monoisotopic (exact) mass is 465 g/mol. The highest BCUT2D eigenvalue weighted by molar-refractivity contribution is 8.15. The summed E-state index contributed by atoms with van der Waals surface area (Å²) < 4.78 is 24.2. The van der Waals surface area contributed by atoms with Gasteiger partial charge < -0.3 is 19.9 Å². The zero-order chi connectivity index (χ0) is 22.4. The van der Waals surface area contributed by atoms with Crippen LogP contribution in [0.25, 0.3) is 0 Å². The van der Waals surface area contributed by atoms with E-state index in [0.29, 0.717) is 22.6 Å². The lowest BCUT2D eigenvalue weighted by Gasteiger charge is -2.12. The zero-order valence-electron chi connectivity index (χ0n) is 16.2. The van der Waals surface area contributed by atoms with Crippen LogP contribution in [0, 0.1) is 5.82 Å². The third-order valence-corrected chi connectivity index (χ3v) is 5.50. The summed E-state index contributed by atoms with van der Waals surface area (Å²) >= 11 is 7.03. The van der Waals surface area contributed by atoms with E-state index in [1.807, 2.05) is 0 Å². The van der Waals surface area contributed by atoms with E-state index in [9.17, 15) is 14.0 Å². The minimum absolute atomic E-state index is 0.130. The van der Waals surface area contributed by atoms with Crippen molar-refractivity contribution in [2.75, 3.05) is 7.11 Å². The minimum atomic E-state index is -1.06. The van der Waals surface area contributed by atoms with E-state index >= 15 is 0 Å². The lowest BCUT2D eigenvalue weighted by atomic mass is 10.2. The third-order valence-electron chi connectivity index (χ3n) is 4.08. The number of amides is 1. The van der Waals surface area contributed by atoms with Gasteiger partial charge in [0.25, 0.3) is 0 Å². The van der Waals surface area contributed by atoms with Crippen molar-refractivity contribution in [1.29, 1.82) is 0 Å². The van der Waals surface area contributed by atoms with Crippen LogP contribution < -0.4 is 14.8 Å². The first-order valence-electron chi connectivity index (χ1n) is 8.91. The van der Waals surface area contributed by atoms with E-state index < -0.39 is 22.9 Å². The van der Waals surface area contributed by atoms with Crippen LogP contribution in [0.3, 0.4) is 0 Å². The number of methoxy groups -OCH3 is 1. The van der Waals surface area contributed by atoms with Crippen molar-refractivity contribution in [2.24, 2.45) is 10.2 Å². The summed E-state index contributed by atoms with van der Waals surface area (Å²) in [6.07, 6.45) is 1.16. The molecule has 31 heavy (non-hydrogen) atoms. The van der Waals surface area contributed by atoms with Crippen molar-refractivity contribution in [3.05, 3.63) is 58.4 Å². The quantitative estimate of drug-likeness (QED) is 0.456. The Morgan fingerprint density at radius 1 is 1.32 bits per heavy atom. The van der Waals surface area contributed by atoms with Crippen LogP contribution in [0.5, 0.6) is 11.5 Å². The summed E-state index contributed by atoms with van der Waals surface area (Å²) in [5, 5.41) is 18.9. The molecular formula is C20H17ClFN3O5S. The van der Waals surface area contributed by atoms with Gasteiger partial charge in [0, 0.05) is 5.56 Å². The first-order chi connectivity index (χ1) is 14.9. The van der Waals surface area contributed by atoms with E-state index in [-0.39, 0.29) is 23.2 Å². The van der Waals surface area contributed by atoms with Crippen LogP contribution in [-0.2, 0) is 16.2 Å². The van der Waals surface area contributed by atoms with Gasteiger partial charge in [-0.2, -0.15) is 5.10 Å². The van der Waals surface area contributed by atoms with Crippen molar-refractivity contribution in [2.45, 2.75) is 18.3 Å². The molecule has 1 amide bonds. The molecule has 1 unspecified atom stereocenters. The second-order valence-electron chi connectivity index (χ2n) is 6.28. The van der Waals surface area contributed by atoms with E-state index in [0.717, 1.165) is 11.8 Å². The number of amidine groups is 1. The van der Waals surface area contributed by atoms with Gasteiger partial charge in [0.05, 0.1) is 24.8 Å². The van der Waals surface area contributed by atoms with Crippen LogP contribution >= 0.6 is 23.4 Å². The molecular weight excluding hydrogens is 449 g/mol. The molecule has 1 heterocycles. The Morgan fingerprint density at radius 2 is 2.13 bits per heavy atom. The van der Waals surface area contributed by atoms with E-state index in [1.54, 1.807) is 24.3 Å². The molecule has 8 nitrogen and oxygen atoms in total. The first-order valence-corrected chi connectivity index (χ1v) is 10.2. The molecule has 2 N–H and O–H groups in total. The number of thioether (sulfide) groups is 1.